The van der Waals surface area contributed by atoms with Gasteiger partial charge in [0.2, 0.25) is 10.0 Å². The predicted molar refractivity (Wildman–Crippen MR) is 111 cm³/mol. The highest BCUT2D eigenvalue weighted by Crippen LogP contribution is 2.17. The largest absolute Gasteiger partial charge is 0.352 e. The van der Waals surface area contributed by atoms with Crippen molar-refractivity contribution in [1.29, 1.82) is 0 Å². The van der Waals surface area contributed by atoms with Crippen LogP contribution < -0.4 is 15.4 Å². The molecule has 0 radical (unpaired) electrons. The Labute approximate surface area is 165 Å². The molecule has 0 fully saturated rings. The first-order valence-electron chi connectivity index (χ1n) is 9.15. The van der Waals surface area contributed by atoms with Crippen LogP contribution in [0.15, 0.2) is 48.5 Å². The molecule has 2 aromatic rings. The number of carbonyl (C=O) groups is 2. The summed E-state index contributed by atoms with van der Waals surface area (Å²) in [6.07, 6.45) is 1.86. The normalized spacial score (nSPS) is 10.9. The number of hydrogen-bond donors (Lipinski definition) is 3. The van der Waals surface area contributed by atoms with Crippen molar-refractivity contribution < 1.29 is 18.0 Å². The van der Waals surface area contributed by atoms with Gasteiger partial charge < -0.3 is 10.6 Å². The van der Waals surface area contributed by atoms with E-state index >= 15 is 0 Å². The van der Waals surface area contributed by atoms with Crippen LogP contribution in [0.25, 0.3) is 0 Å². The average molecular weight is 404 g/mol. The summed E-state index contributed by atoms with van der Waals surface area (Å²) in [7, 11) is -3.37. The lowest BCUT2D eigenvalue weighted by atomic mass is 10.1. The van der Waals surface area contributed by atoms with Crippen molar-refractivity contribution in [2.24, 2.45) is 0 Å². The summed E-state index contributed by atoms with van der Waals surface area (Å²) in [5.41, 5.74) is 1.53. The third kappa shape index (κ3) is 6.09. The maximum atomic E-state index is 12.5. The fourth-order valence-electron chi connectivity index (χ4n) is 2.40. The van der Waals surface area contributed by atoms with Crippen molar-refractivity contribution in [2.45, 2.75) is 26.7 Å². The van der Waals surface area contributed by atoms with E-state index in [1.54, 1.807) is 31.2 Å². The molecule has 0 aliphatic rings. The summed E-state index contributed by atoms with van der Waals surface area (Å²) >= 11 is 0. The van der Waals surface area contributed by atoms with Gasteiger partial charge in [0.25, 0.3) is 11.8 Å². The molecule has 2 amide bonds. The zero-order valence-corrected chi connectivity index (χ0v) is 16.8. The average Bonchev–Trinajstić information content (AvgIpc) is 2.68. The van der Waals surface area contributed by atoms with Crippen molar-refractivity contribution in [3.8, 4) is 0 Å². The van der Waals surface area contributed by atoms with Crippen LogP contribution in [0.3, 0.4) is 0 Å². The second-order valence-electron chi connectivity index (χ2n) is 6.19. The maximum absolute atomic E-state index is 12.5. The molecule has 28 heavy (non-hydrogen) atoms. The van der Waals surface area contributed by atoms with E-state index in [4.69, 9.17) is 0 Å². The van der Waals surface area contributed by atoms with Crippen molar-refractivity contribution in [2.75, 3.05) is 22.3 Å². The van der Waals surface area contributed by atoms with Crippen LogP contribution in [0.1, 0.15) is 47.4 Å². The van der Waals surface area contributed by atoms with Gasteiger partial charge in [-0.2, -0.15) is 0 Å². The van der Waals surface area contributed by atoms with Gasteiger partial charge in [0.15, 0.2) is 0 Å². The first kappa shape index (κ1) is 21.4. The highest BCUT2D eigenvalue weighted by Gasteiger charge is 2.14. The Morgan fingerprint density at radius 3 is 2.25 bits per heavy atom. The van der Waals surface area contributed by atoms with Gasteiger partial charge in [-0.3, -0.25) is 14.3 Å². The number of unbranched alkanes of at least 4 members (excludes halogenated alkanes) is 1. The highest BCUT2D eigenvalue weighted by molar-refractivity contribution is 7.92. The molecule has 0 unspecified atom stereocenters. The molecule has 0 bridgehead atoms. The number of sulfonamides is 1. The number of nitrogens with one attached hydrogen (secondary N) is 3. The molecule has 8 heteroatoms. The summed E-state index contributed by atoms with van der Waals surface area (Å²) in [5, 5.41) is 5.57. The number of carbonyl (C=O) groups excluding carboxylic acids is 2. The topological polar surface area (TPSA) is 104 Å². The molecule has 2 aromatic carbocycles. The standard InChI is InChI=1S/C20H25N3O4S/c1-3-5-14-21-20(25)17-8-6-7-9-18(17)22-19(24)15-10-12-16(13-11-15)23-28(26,27)4-2/h6-13,23H,3-5,14H2,1-2H3,(H,21,25)(H,22,24). The second-order valence-corrected chi connectivity index (χ2v) is 8.20. The van der Waals surface area contributed by atoms with Gasteiger partial charge >= 0.3 is 0 Å². The number of hydrogen-bond acceptors (Lipinski definition) is 4. The monoisotopic (exact) mass is 403 g/mol. The molecule has 0 saturated carbocycles. The van der Waals surface area contributed by atoms with E-state index < -0.39 is 15.9 Å². The Morgan fingerprint density at radius 2 is 1.61 bits per heavy atom. The molecule has 0 atom stereocenters. The Kier molecular flexibility index (Phi) is 7.57. The quantitative estimate of drug-likeness (QED) is 0.559. The third-order valence-electron chi connectivity index (χ3n) is 4.04. The molecule has 0 aliphatic heterocycles. The van der Waals surface area contributed by atoms with Crippen molar-refractivity contribution in [3.63, 3.8) is 0 Å². The highest BCUT2D eigenvalue weighted by atomic mass is 32.2. The van der Waals surface area contributed by atoms with Crippen LogP contribution in [0, 0.1) is 0 Å². The van der Waals surface area contributed by atoms with E-state index in [0.717, 1.165) is 12.8 Å². The lowest BCUT2D eigenvalue weighted by Crippen LogP contribution is -2.26. The van der Waals surface area contributed by atoms with E-state index in [9.17, 15) is 18.0 Å². The van der Waals surface area contributed by atoms with Gasteiger partial charge in [-0.1, -0.05) is 25.5 Å². The first-order valence-corrected chi connectivity index (χ1v) is 10.8. The van der Waals surface area contributed by atoms with Gasteiger partial charge in [-0.05, 0) is 49.7 Å². The summed E-state index contributed by atoms with van der Waals surface area (Å²) in [4.78, 5) is 24.9. The Balaban J connectivity index is 2.10. The molecule has 0 aliphatic carbocycles. The first-order chi connectivity index (χ1) is 13.4. The van der Waals surface area contributed by atoms with E-state index in [0.29, 0.717) is 29.0 Å². The minimum Gasteiger partial charge on any atom is -0.352 e. The minimum atomic E-state index is -3.37. The maximum Gasteiger partial charge on any atom is 0.255 e. The van der Waals surface area contributed by atoms with Gasteiger partial charge in [0.1, 0.15) is 0 Å². The SMILES string of the molecule is CCCCNC(=O)c1ccccc1NC(=O)c1ccc(NS(=O)(=O)CC)cc1. The number of anilines is 2. The van der Waals surface area contributed by atoms with Crippen LogP contribution in [0.5, 0.6) is 0 Å². The summed E-state index contributed by atoms with van der Waals surface area (Å²) in [6.45, 7) is 4.16. The Hall–Kier alpha value is -2.87. The zero-order valence-electron chi connectivity index (χ0n) is 16.0. The van der Waals surface area contributed by atoms with E-state index in [-0.39, 0.29) is 11.7 Å². The molecular formula is C20H25N3O4S. The third-order valence-corrected chi connectivity index (χ3v) is 5.34. The van der Waals surface area contributed by atoms with Crippen molar-refractivity contribution >= 4 is 33.2 Å². The summed E-state index contributed by atoms with van der Waals surface area (Å²) < 4.78 is 25.6. The van der Waals surface area contributed by atoms with E-state index in [1.165, 1.54) is 24.3 Å². The van der Waals surface area contributed by atoms with Crippen molar-refractivity contribution in [1.82, 2.24) is 5.32 Å². The second kappa shape index (κ2) is 9.89. The van der Waals surface area contributed by atoms with Gasteiger partial charge in [0, 0.05) is 17.8 Å². The summed E-state index contributed by atoms with van der Waals surface area (Å²) in [5.74, 6) is -0.667. The van der Waals surface area contributed by atoms with Crippen LogP contribution in [0.4, 0.5) is 11.4 Å². The number of para-hydroxylation sites is 1. The molecule has 0 aromatic heterocycles. The molecule has 150 valence electrons. The lowest BCUT2D eigenvalue weighted by molar-refractivity contribution is 0.0954. The zero-order chi connectivity index (χ0) is 20.6. The van der Waals surface area contributed by atoms with Crippen LogP contribution in [-0.4, -0.2) is 32.5 Å². The lowest BCUT2D eigenvalue weighted by Gasteiger charge is -2.12. The van der Waals surface area contributed by atoms with E-state index in [1.807, 2.05) is 6.92 Å². The molecule has 0 spiro atoms. The number of amides is 2. The van der Waals surface area contributed by atoms with Gasteiger partial charge in [-0.25, -0.2) is 8.42 Å². The molecule has 3 N–H and O–H groups in total. The van der Waals surface area contributed by atoms with Gasteiger partial charge in [0.05, 0.1) is 17.0 Å². The fraction of sp³-hybridized carbons (Fsp3) is 0.300. The van der Waals surface area contributed by atoms with Crippen LogP contribution >= 0.6 is 0 Å². The number of rotatable bonds is 9. The van der Waals surface area contributed by atoms with E-state index in [2.05, 4.69) is 15.4 Å². The van der Waals surface area contributed by atoms with Crippen molar-refractivity contribution in [3.05, 3.63) is 59.7 Å². The molecule has 7 nitrogen and oxygen atoms in total. The smallest absolute Gasteiger partial charge is 0.255 e. The van der Waals surface area contributed by atoms with Crippen LogP contribution in [-0.2, 0) is 10.0 Å². The molecule has 0 saturated heterocycles. The number of benzene rings is 2. The minimum absolute atomic E-state index is 0.0354. The molecular weight excluding hydrogens is 378 g/mol. The summed E-state index contributed by atoms with van der Waals surface area (Å²) in [6, 6.07) is 12.9. The molecule has 2 rings (SSSR count). The Bertz CT molecular complexity index is 925. The van der Waals surface area contributed by atoms with Crippen LogP contribution in [0.2, 0.25) is 0 Å². The van der Waals surface area contributed by atoms with Gasteiger partial charge in [-0.15, -0.1) is 0 Å². The Morgan fingerprint density at radius 1 is 0.929 bits per heavy atom. The fourth-order valence-corrected chi connectivity index (χ4v) is 3.04. The predicted octanol–water partition coefficient (Wildman–Crippen LogP) is 3.23. The molecule has 0 heterocycles.